The van der Waals surface area contributed by atoms with Crippen LogP contribution in [0.3, 0.4) is 0 Å². The van der Waals surface area contributed by atoms with Gasteiger partial charge in [-0.2, -0.15) is 0 Å². The lowest BCUT2D eigenvalue weighted by molar-refractivity contribution is 0.0656. The molecule has 0 N–H and O–H groups in total. The molecule has 0 bridgehead atoms. The quantitative estimate of drug-likeness (QED) is 0.657. The van der Waals surface area contributed by atoms with Crippen molar-refractivity contribution in [2.24, 2.45) is 0 Å². The minimum atomic E-state index is -0.111. The molecule has 1 aliphatic heterocycles. The molecule has 6 heteroatoms. The van der Waals surface area contributed by atoms with E-state index in [9.17, 15) is 4.79 Å². The minimum Gasteiger partial charge on any atom is -0.445 e. The fourth-order valence-corrected chi connectivity index (χ4v) is 3.57. The van der Waals surface area contributed by atoms with E-state index in [4.69, 9.17) is 8.94 Å². The molecule has 4 rings (SSSR count). The second-order valence-electron chi connectivity index (χ2n) is 7.69. The maximum atomic E-state index is 12.8. The highest BCUT2D eigenvalue weighted by atomic mass is 16.5. The number of likely N-dealkylation sites (tertiary alicyclic amines) is 1. The van der Waals surface area contributed by atoms with Gasteiger partial charge in [-0.1, -0.05) is 49.3 Å². The number of benzene rings is 1. The van der Waals surface area contributed by atoms with Crippen LogP contribution in [0.15, 0.2) is 51.5 Å². The molecule has 0 radical (unpaired) electrons. The predicted molar refractivity (Wildman–Crippen MR) is 104 cm³/mol. The van der Waals surface area contributed by atoms with Crippen LogP contribution < -0.4 is 0 Å². The van der Waals surface area contributed by atoms with Crippen molar-refractivity contribution in [3.8, 4) is 0 Å². The maximum absolute atomic E-state index is 12.8. The summed E-state index contributed by atoms with van der Waals surface area (Å²) in [5.74, 6) is 2.09. The third-order valence-corrected chi connectivity index (χ3v) is 5.18. The van der Waals surface area contributed by atoms with Crippen molar-refractivity contribution in [3.63, 3.8) is 0 Å². The van der Waals surface area contributed by atoms with Gasteiger partial charge in [-0.05, 0) is 24.3 Å². The van der Waals surface area contributed by atoms with E-state index in [-0.39, 0.29) is 17.7 Å². The molecule has 1 atom stereocenters. The summed E-state index contributed by atoms with van der Waals surface area (Å²) in [6.07, 6.45) is 4.40. The molecule has 1 fully saturated rings. The van der Waals surface area contributed by atoms with Crippen molar-refractivity contribution in [2.75, 3.05) is 13.1 Å². The lowest BCUT2D eigenvalue weighted by Crippen LogP contribution is -2.39. The highest BCUT2D eigenvalue weighted by Crippen LogP contribution is 2.28. The Bertz CT molecular complexity index is 929. The summed E-state index contributed by atoms with van der Waals surface area (Å²) in [6.45, 7) is 5.35. The van der Waals surface area contributed by atoms with E-state index in [0.29, 0.717) is 24.7 Å². The monoisotopic (exact) mass is 379 g/mol. The fourth-order valence-electron chi connectivity index (χ4n) is 3.57. The zero-order valence-electron chi connectivity index (χ0n) is 16.3. The standard InChI is InChI=1S/C22H25N3O3/c1-15(2)19-12-20(28-24-19)22(26)25-10-6-9-17(14-25)21-23-13-18(27-21)11-16-7-4-3-5-8-16/h3-5,7-8,12-13,15,17H,6,9-11,14H2,1-2H3/t17-/m1/s1. The highest BCUT2D eigenvalue weighted by molar-refractivity contribution is 5.91. The number of nitrogens with zero attached hydrogens (tertiary/aromatic N) is 3. The summed E-state index contributed by atoms with van der Waals surface area (Å²) in [7, 11) is 0. The van der Waals surface area contributed by atoms with E-state index in [2.05, 4.69) is 22.3 Å². The van der Waals surface area contributed by atoms with Crippen molar-refractivity contribution in [3.05, 3.63) is 71.3 Å². The summed E-state index contributed by atoms with van der Waals surface area (Å²) in [5.41, 5.74) is 1.99. The topological polar surface area (TPSA) is 72.4 Å². The summed E-state index contributed by atoms with van der Waals surface area (Å²) < 4.78 is 11.3. The minimum absolute atomic E-state index is 0.106. The van der Waals surface area contributed by atoms with E-state index < -0.39 is 0 Å². The summed E-state index contributed by atoms with van der Waals surface area (Å²) in [4.78, 5) is 19.1. The number of hydrogen-bond donors (Lipinski definition) is 0. The van der Waals surface area contributed by atoms with Crippen molar-refractivity contribution >= 4 is 5.91 Å². The van der Waals surface area contributed by atoms with E-state index in [0.717, 1.165) is 30.7 Å². The Hall–Kier alpha value is -2.89. The number of aromatic nitrogens is 2. The number of amides is 1. The molecule has 28 heavy (non-hydrogen) atoms. The highest BCUT2D eigenvalue weighted by Gasteiger charge is 2.30. The van der Waals surface area contributed by atoms with Gasteiger partial charge in [-0.3, -0.25) is 4.79 Å². The third kappa shape index (κ3) is 4.01. The van der Waals surface area contributed by atoms with Gasteiger partial charge in [0.15, 0.2) is 5.89 Å². The summed E-state index contributed by atoms with van der Waals surface area (Å²) >= 11 is 0. The van der Waals surface area contributed by atoms with Crippen LogP contribution in [0, 0.1) is 0 Å². The molecule has 1 aromatic carbocycles. The summed E-state index contributed by atoms with van der Waals surface area (Å²) in [6, 6.07) is 11.9. The van der Waals surface area contributed by atoms with Gasteiger partial charge in [-0.15, -0.1) is 0 Å². The lowest BCUT2D eigenvalue weighted by atomic mass is 9.97. The van der Waals surface area contributed by atoms with Gasteiger partial charge in [0.1, 0.15) is 5.76 Å². The molecule has 1 aliphatic rings. The fraction of sp³-hybridized carbons (Fsp3) is 0.409. The van der Waals surface area contributed by atoms with E-state index >= 15 is 0 Å². The van der Waals surface area contributed by atoms with Gasteiger partial charge >= 0.3 is 0 Å². The zero-order valence-corrected chi connectivity index (χ0v) is 16.3. The van der Waals surface area contributed by atoms with Crippen molar-refractivity contribution in [1.29, 1.82) is 0 Å². The summed E-state index contributed by atoms with van der Waals surface area (Å²) in [5, 5.41) is 4.00. The number of carbonyl (C=O) groups excluding carboxylic acids is 1. The number of carbonyl (C=O) groups is 1. The normalized spacial score (nSPS) is 17.2. The number of oxazole rings is 1. The molecule has 146 valence electrons. The van der Waals surface area contributed by atoms with Gasteiger partial charge in [0.2, 0.25) is 5.76 Å². The number of piperidine rings is 1. The Balaban J connectivity index is 1.43. The van der Waals surface area contributed by atoms with Crippen LogP contribution in [0.5, 0.6) is 0 Å². The molecule has 3 aromatic rings. The zero-order chi connectivity index (χ0) is 19.5. The molecule has 0 unspecified atom stereocenters. The lowest BCUT2D eigenvalue weighted by Gasteiger charge is -2.30. The molecule has 3 heterocycles. The number of rotatable bonds is 5. The Morgan fingerprint density at radius 1 is 1.29 bits per heavy atom. The van der Waals surface area contributed by atoms with Crippen LogP contribution in [0.2, 0.25) is 0 Å². The molecule has 1 saturated heterocycles. The van der Waals surface area contributed by atoms with Crippen molar-refractivity contribution < 1.29 is 13.7 Å². The average molecular weight is 379 g/mol. The second kappa shape index (κ2) is 8.00. The first-order valence-corrected chi connectivity index (χ1v) is 9.84. The first kappa shape index (κ1) is 18.5. The molecule has 1 amide bonds. The van der Waals surface area contributed by atoms with Gasteiger partial charge in [0, 0.05) is 25.6 Å². The molecule has 6 nitrogen and oxygen atoms in total. The van der Waals surface area contributed by atoms with Gasteiger partial charge in [0.05, 0.1) is 17.8 Å². The van der Waals surface area contributed by atoms with Crippen LogP contribution in [0.1, 0.15) is 72.0 Å². The molecule has 2 aromatic heterocycles. The van der Waals surface area contributed by atoms with Crippen LogP contribution in [0.4, 0.5) is 0 Å². The van der Waals surface area contributed by atoms with Gasteiger partial charge < -0.3 is 13.8 Å². The maximum Gasteiger partial charge on any atom is 0.292 e. The second-order valence-corrected chi connectivity index (χ2v) is 7.69. The van der Waals surface area contributed by atoms with E-state index in [1.165, 1.54) is 5.56 Å². The molecule has 0 spiro atoms. The van der Waals surface area contributed by atoms with Crippen molar-refractivity contribution in [1.82, 2.24) is 15.0 Å². The average Bonchev–Trinajstić information content (AvgIpc) is 3.38. The van der Waals surface area contributed by atoms with Crippen LogP contribution in [0.25, 0.3) is 0 Å². The van der Waals surface area contributed by atoms with Gasteiger partial charge in [-0.25, -0.2) is 4.98 Å². The number of hydrogen-bond acceptors (Lipinski definition) is 5. The third-order valence-electron chi connectivity index (χ3n) is 5.18. The first-order valence-electron chi connectivity index (χ1n) is 9.84. The Labute approximate surface area is 164 Å². The Morgan fingerprint density at radius 2 is 2.11 bits per heavy atom. The largest absolute Gasteiger partial charge is 0.445 e. The smallest absolute Gasteiger partial charge is 0.292 e. The molecular formula is C22H25N3O3. The van der Waals surface area contributed by atoms with Crippen LogP contribution in [-0.2, 0) is 6.42 Å². The SMILES string of the molecule is CC(C)c1cc(C(=O)N2CCC[C@@H](c3ncc(Cc4ccccc4)o3)C2)on1. The predicted octanol–water partition coefficient (Wildman–Crippen LogP) is 4.40. The first-order chi connectivity index (χ1) is 13.6. The van der Waals surface area contributed by atoms with Crippen LogP contribution in [-0.4, -0.2) is 34.0 Å². The molecule has 0 saturated carbocycles. The Morgan fingerprint density at radius 3 is 2.86 bits per heavy atom. The van der Waals surface area contributed by atoms with Crippen LogP contribution >= 0.6 is 0 Å². The Kier molecular flexibility index (Phi) is 5.28. The van der Waals surface area contributed by atoms with Crippen molar-refractivity contribution in [2.45, 2.75) is 44.9 Å². The van der Waals surface area contributed by atoms with Gasteiger partial charge in [0.25, 0.3) is 5.91 Å². The van der Waals surface area contributed by atoms with E-state index in [1.807, 2.05) is 36.9 Å². The van der Waals surface area contributed by atoms with E-state index in [1.54, 1.807) is 12.3 Å². The molecular weight excluding hydrogens is 354 g/mol. The molecule has 0 aliphatic carbocycles.